The first kappa shape index (κ1) is 9.23. The Morgan fingerprint density at radius 3 is 2.50 bits per heavy atom. The molecule has 1 aliphatic rings. The van der Waals surface area contributed by atoms with Crippen LogP contribution in [0, 0.1) is 0 Å². The molecule has 0 unspecified atom stereocenters. The fraction of sp³-hybridized carbons (Fsp3) is 0.778. The number of ketones is 1. The molecule has 1 saturated carbocycles. The SMILES string of the molecule is CCC(=O)CC(=O)OC1CCC1. The van der Waals surface area contributed by atoms with E-state index in [0.29, 0.717) is 6.42 Å². The Bertz CT molecular complexity index is 182. The Labute approximate surface area is 72.1 Å². The van der Waals surface area contributed by atoms with Gasteiger partial charge in [-0.05, 0) is 19.3 Å². The van der Waals surface area contributed by atoms with Gasteiger partial charge in [-0.3, -0.25) is 9.59 Å². The molecule has 3 heteroatoms. The van der Waals surface area contributed by atoms with Crippen LogP contribution >= 0.6 is 0 Å². The number of hydrogen-bond acceptors (Lipinski definition) is 3. The molecule has 1 rings (SSSR count). The van der Waals surface area contributed by atoms with Crippen LogP contribution in [-0.4, -0.2) is 17.9 Å². The maximum atomic E-state index is 11.0. The van der Waals surface area contributed by atoms with Gasteiger partial charge in [-0.1, -0.05) is 6.92 Å². The van der Waals surface area contributed by atoms with Crippen molar-refractivity contribution in [2.24, 2.45) is 0 Å². The van der Waals surface area contributed by atoms with Crippen molar-refractivity contribution in [3.8, 4) is 0 Å². The van der Waals surface area contributed by atoms with Gasteiger partial charge < -0.3 is 4.74 Å². The highest BCUT2D eigenvalue weighted by molar-refractivity contribution is 5.95. The fourth-order valence-corrected chi connectivity index (χ4v) is 1.00. The monoisotopic (exact) mass is 170 g/mol. The molecule has 0 aromatic rings. The number of rotatable bonds is 4. The van der Waals surface area contributed by atoms with Crippen molar-refractivity contribution in [1.29, 1.82) is 0 Å². The number of carbonyl (C=O) groups is 2. The molecule has 0 N–H and O–H groups in total. The van der Waals surface area contributed by atoms with Crippen molar-refractivity contribution in [3.63, 3.8) is 0 Å². The normalized spacial score (nSPS) is 16.8. The maximum absolute atomic E-state index is 11.0. The molecule has 0 aromatic carbocycles. The van der Waals surface area contributed by atoms with E-state index in [4.69, 9.17) is 4.74 Å². The van der Waals surface area contributed by atoms with Gasteiger partial charge in [0.2, 0.25) is 0 Å². The molecular weight excluding hydrogens is 156 g/mol. The predicted octanol–water partition coefficient (Wildman–Crippen LogP) is 1.45. The van der Waals surface area contributed by atoms with Crippen LogP contribution in [0.2, 0.25) is 0 Å². The second-order valence-corrected chi connectivity index (χ2v) is 3.11. The van der Waals surface area contributed by atoms with E-state index in [-0.39, 0.29) is 24.3 Å². The zero-order chi connectivity index (χ0) is 8.97. The first-order valence-electron chi connectivity index (χ1n) is 4.43. The molecule has 0 saturated heterocycles. The Kier molecular flexibility index (Phi) is 3.26. The van der Waals surface area contributed by atoms with Crippen molar-refractivity contribution in [2.75, 3.05) is 0 Å². The van der Waals surface area contributed by atoms with Gasteiger partial charge in [0.05, 0.1) is 0 Å². The lowest BCUT2D eigenvalue weighted by Gasteiger charge is -2.24. The fourth-order valence-electron chi connectivity index (χ4n) is 1.00. The van der Waals surface area contributed by atoms with Crippen LogP contribution in [0.3, 0.4) is 0 Å². The first-order chi connectivity index (χ1) is 5.72. The molecule has 68 valence electrons. The van der Waals surface area contributed by atoms with Crippen molar-refractivity contribution in [3.05, 3.63) is 0 Å². The van der Waals surface area contributed by atoms with Gasteiger partial charge in [0.15, 0.2) is 0 Å². The van der Waals surface area contributed by atoms with Crippen molar-refractivity contribution >= 4 is 11.8 Å². The molecule has 0 atom stereocenters. The van der Waals surface area contributed by atoms with E-state index in [2.05, 4.69) is 0 Å². The van der Waals surface area contributed by atoms with Gasteiger partial charge in [0, 0.05) is 6.42 Å². The topological polar surface area (TPSA) is 43.4 Å². The molecule has 3 nitrogen and oxygen atoms in total. The molecule has 0 aliphatic heterocycles. The van der Waals surface area contributed by atoms with Gasteiger partial charge >= 0.3 is 5.97 Å². The molecule has 12 heavy (non-hydrogen) atoms. The molecule has 0 heterocycles. The average Bonchev–Trinajstić information content (AvgIpc) is 1.97. The van der Waals surface area contributed by atoms with Crippen molar-refractivity contribution in [2.45, 2.75) is 45.1 Å². The molecule has 0 aromatic heterocycles. The number of carbonyl (C=O) groups excluding carboxylic acids is 2. The summed E-state index contributed by atoms with van der Waals surface area (Å²) in [7, 11) is 0. The van der Waals surface area contributed by atoms with Crippen LogP contribution in [0.25, 0.3) is 0 Å². The number of esters is 1. The van der Waals surface area contributed by atoms with Crippen LogP contribution in [0.15, 0.2) is 0 Å². The standard InChI is InChI=1S/C9H14O3/c1-2-7(10)6-9(11)12-8-4-3-5-8/h8H,2-6H2,1H3. The van der Waals surface area contributed by atoms with Crippen molar-refractivity contribution in [1.82, 2.24) is 0 Å². The maximum Gasteiger partial charge on any atom is 0.313 e. The van der Waals surface area contributed by atoms with E-state index >= 15 is 0 Å². The lowest BCUT2D eigenvalue weighted by atomic mass is 9.96. The highest BCUT2D eigenvalue weighted by Gasteiger charge is 2.22. The third kappa shape index (κ3) is 2.64. The lowest BCUT2D eigenvalue weighted by Crippen LogP contribution is -2.26. The van der Waals surface area contributed by atoms with E-state index in [9.17, 15) is 9.59 Å². The van der Waals surface area contributed by atoms with E-state index in [1.807, 2.05) is 0 Å². The Hall–Kier alpha value is -0.860. The summed E-state index contributed by atoms with van der Waals surface area (Å²) in [5.41, 5.74) is 0. The molecule has 1 fully saturated rings. The summed E-state index contributed by atoms with van der Waals surface area (Å²) >= 11 is 0. The van der Waals surface area contributed by atoms with Crippen molar-refractivity contribution < 1.29 is 14.3 Å². The minimum atomic E-state index is -0.355. The minimum absolute atomic E-state index is 0.0423. The van der Waals surface area contributed by atoms with E-state index in [1.165, 1.54) is 0 Å². The molecule has 0 spiro atoms. The molecular formula is C9H14O3. The third-order valence-electron chi connectivity index (χ3n) is 2.09. The summed E-state index contributed by atoms with van der Waals surface area (Å²) in [6, 6.07) is 0. The van der Waals surface area contributed by atoms with Gasteiger partial charge in [0.25, 0.3) is 0 Å². The largest absolute Gasteiger partial charge is 0.462 e. The summed E-state index contributed by atoms with van der Waals surface area (Å²) in [5.74, 6) is -0.397. The average molecular weight is 170 g/mol. The van der Waals surface area contributed by atoms with Crippen LogP contribution in [0.4, 0.5) is 0 Å². The highest BCUT2D eigenvalue weighted by atomic mass is 16.5. The van der Waals surface area contributed by atoms with Crippen LogP contribution < -0.4 is 0 Å². The first-order valence-corrected chi connectivity index (χ1v) is 4.43. The third-order valence-corrected chi connectivity index (χ3v) is 2.09. The quantitative estimate of drug-likeness (QED) is 0.473. The van der Waals surface area contributed by atoms with Crippen LogP contribution in [-0.2, 0) is 14.3 Å². The zero-order valence-corrected chi connectivity index (χ0v) is 7.34. The number of hydrogen-bond donors (Lipinski definition) is 0. The minimum Gasteiger partial charge on any atom is -0.462 e. The van der Waals surface area contributed by atoms with Gasteiger partial charge in [-0.2, -0.15) is 0 Å². The Balaban J connectivity index is 2.14. The number of ether oxygens (including phenoxy) is 1. The molecule has 1 aliphatic carbocycles. The molecule has 0 radical (unpaired) electrons. The second kappa shape index (κ2) is 4.24. The summed E-state index contributed by atoms with van der Waals surface area (Å²) in [6.07, 6.45) is 3.53. The van der Waals surface area contributed by atoms with Crippen LogP contribution in [0.1, 0.15) is 39.0 Å². The van der Waals surface area contributed by atoms with Crippen LogP contribution in [0.5, 0.6) is 0 Å². The van der Waals surface area contributed by atoms with E-state index < -0.39 is 0 Å². The van der Waals surface area contributed by atoms with Gasteiger partial charge in [-0.15, -0.1) is 0 Å². The van der Waals surface area contributed by atoms with Gasteiger partial charge in [0.1, 0.15) is 18.3 Å². The van der Waals surface area contributed by atoms with E-state index in [1.54, 1.807) is 6.92 Å². The Morgan fingerprint density at radius 2 is 2.08 bits per heavy atom. The highest BCUT2D eigenvalue weighted by Crippen LogP contribution is 2.22. The summed E-state index contributed by atoms with van der Waals surface area (Å²) in [5, 5.41) is 0. The summed E-state index contributed by atoms with van der Waals surface area (Å²) in [6.45, 7) is 1.75. The summed E-state index contributed by atoms with van der Waals surface area (Å²) < 4.78 is 5.00. The smallest absolute Gasteiger partial charge is 0.313 e. The molecule has 0 amide bonds. The molecule has 0 bridgehead atoms. The zero-order valence-electron chi connectivity index (χ0n) is 7.34. The Morgan fingerprint density at radius 1 is 1.42 bits per heavy atom. The summed E-state index contributed by atoms with van der Waals surface area (Å²) in [4.78, 5) is 21.8. The van der Waals surface area contributed by atoms with Gasteiger partial charge in [-0.25, -0.2) is 0 Å². The van der Waals surface area contributed by atoms with E-state index in [0.717, 1.165) is 19.3 Å². The second-order valence-electron chi connectivity index (χ2n) is 3.11. The number of Topliss-reactive ketones (excluding diaryl/α,β-unsaturated/α-hetero) is 1. The predicted molar refractivity (Wildman–Crippen MR) is 43.6 cm³/mol. The lowest BCUT2D eigenvalue weighted by molar-refractivity contribution is -0.154.